The van der Waals surface area contributed by atoms with Crippen molar-refractivity contribution in [2.75, 3.05) is 19.5 Å². The van der Waals surface area contributed by atoms with Crippen LogP contribution in [-0.2, 0) is 6.54 Å². The van der Waals surface area contributed by atoms with Crippen LogP contribution in [0.5, 0.6) is 11.5 Å². The maximum Gasteiger partial charge on any atom is 0.319 e. The molecule has 0 aliphatic rings. The van der Waals surface area contributed by atoms with Crippen molar-refractivity contribution < 1.29 is 23.0 Å². The molecule has 2 amide bonds. The summed E-state index contributed by atoms with van der Waals surface area (Å²) in [5, 5.41) is 4.94. The van der Waals surface area contributed by atoms with Gasteiger partial charge in [-0.15, -0.1) is 0 Å². The lowest BCUT2D eigenvalue weighted by Gasteiger charge is -2.11. The highest BCUT2D eigenvalue weighted by Crippen LogP contribution is 2.25. The number of methoxy groups -OCH3 is 2. The first-order valence-corrected chi connectivity index (χ1v) is 6.75. The second-order valence-electron chi connectivity index (χ2n) is 4.59. The molecule has 2 aromatic rings. The molecule has 0 radical (unpaired) electrons. The van der Waals surface area contributed by atoms with Crippen LogP contribution in [0.25, 0.3) is 0 Å². The smallest absolute Gasteiger partial charge is 0.319 e. The van der Waals surface area contributed by atoms with Gasteiger partial charge in [-0.1, -0.05) is 18.2 Å². The van der Waals surface area contributed by atoms with Crippen LogP contribution in [0.15, 0.2) is 36.4 Å². The maximum absolute atomic E-state index is 13.6. The first-order chi connectivity index (χ1) is 11.0. The number of carbonyl (C=O) groups excluding carboxylic acids is 1. The fraction of sp³-hybridized carbons (Fsp3) is 0.188. The monoisotopic (exact) mass is 322 g/mol. The van der Waals surface area contributed by atoms with Crippen LogP contribution in [0.4, 0.5) is 19.3 Å². The third-order valence-electron chi connectivity index (χ3n) is 3.09. The normalized spacial score (nSPS) is 10.1. The number of nitrogens with one attached hydrogen (secondary N) is 2. The fourth-order valence-electron chi connectivity index (χ4n) is 2.03. The van der Waals surface area contributed by atoms with Gasteiger partial charge in [0.2, 0.25) is 0 Å². The number of para-hydroxylation sites is 1. The van der Waals surface area contributed by atoms with E-state index in [-0.39, 0.29) is 12.2 Å². The van der Waals surface area contributed by atoms with E-state index in [1.807, 2.05) is 12.1 Å². The standard InChI is InChI=1S/C16H16F2N2O3/c1-22-14-6-4-3-5-10(14)9-19-16(21)20-11-7-12(17)15(23-2)13(18)8-11/h3-8H,9H2,1-2H3,(H2,19,20,21). The molecule has 0 unspecified atom stereocenters. The molecule has 5 nitrogen and oxygen atoms in total. The van der Waals surface area contributed by atoms with Crippen LogP contribution in [-0.4, -0.2) is 20.3 Å². The zero-order valence-corrected chi connectivity index (χ0v) is 12.7. The van der Waals surface area contributed by atoms with E-state index in [1.165, 1.54) is 7.11 Å². The summed E-state index contributed by atoms with van der Waals surface area (Å²) in [5.41, 5.74) is 0.760. The number of urea groups is 1. The predicted octanol–water partition coefficient (Wildman–Crippen LogP) is 3.30. The molecule has 0 saturated heterocycles. The van der Waals surface area contributed by atoms with Gasteiger partial charge in [0, 0.05) is 29.9 Å². The Balaban J connectivity index is 2.00. The lowest BCUT2D eigenvalue weighted by Crippen LogP contribution is -2.28. The average molecular weight is 322 g/mol. The first-order valence-electron chi connectivity index (χ1n) is 6.75. The molecule has 0 fully saturated rings. The van der Waals surface area contributed by atoms with Crippen molar-refractivity contribution in [2.24, 2.45) is 0 Å². The highest BCUT2D eigenvalue weighted by Gasteiger charge is 2.13. The van der Waals surface area contributed by atoms with Crippen molar-refractivity contribution in [3.8, 4) is 11.5 Å². The third-order valence-corrected chi connectivity index (χ3v) is 3.09. The van der Waals surface area contributed by atoms with Gasteiger partial charge in [0.25, 0.3) is 0 Å². The molecule has 0 heterocycles. The number of halogens is 2. The number of benzene rings is 2. The van der Waals surface area contributed by atoms with E-state index in [2.05, 4.69) is 15.4 Å². The maximum atomic E-state index is 13.6. The Bertz CT molecular complexity index is 684. The number of amides is 2. The van der Waals surface area contributed by atoms with Crippen molar-refractivity contribution in [1.29, 1.82) is 0 Å². The van der Waals surface area contributed by atoms with Gasteiger partial charge in [-0.05, 0) is 6.07 Å². The number of hydrogen-bond donors (Lipinski definition) is 2. The Kier molecular flexibility index (Phi) is 5.35. The average Bonchev–Trinajstić information content (AvgIpc) is 2.53. The molecule has 7 heteroatoms. The minimum absolute atomic E-state index is 0.0154. The lowest BCUT2D eigenvalue weighted by molar-refractivity contribution is 0.251. The summed E-state index contributed by atoms with van der Waals surface area (Å²) in [4.78, 5) is 11.8. The highest BCUT2D eigenvalue weighted by atomic mass is 19.1. The van der Waals surface area contributed by atoms with Crippen LogP contribution in [0.1, 0.15) is 5.56 Å². The molecular formula is C16H16F2N2O3. The van der Waals surface area contributed by atoms with Gasteiger partial charge >= 0.3 is 6.03 Å². The molecule has 2 N–H and O–H groups in total. The van der Waals surface area contributed by atoms with Crippen molar-refractivity contribution in [1.82, 2.24) is 5.32 Å². The zero-order valence-electron chi connectivity index (χ0n) is 12.7. The summed E-state index contributed by atoms with van der Waals surface area (Å²) < 4.78 is 36.9. The molecule has 0 spiro atoms. The quantitative estimate of drug-likeness (QED) is 0.888. The molecule has 0 aliphatic carbocycles. The van der Waals surface area contributed by atoms with Crippen LogP contribution in [0, 0.1) is 11.6 Å². The Morgan fingerprint density at radius 3 is 2.35 bits per heavy atom. The number of anilines is 1. The molecule has 122 valence electrons. The van der Waals surface area contributed by atoms with Crippen molar-refractivity contribution in [2.45, 2.75) is 6.54 Å². The van der Waals surface area contributed by atoms with Gasteiger partial charge in [-0.3, -0.25) is 0 Å². The zero-order chi connectivity index (χ0) is 16.8. The molecule has 0 saturated carbocycles. The molecule has 0 aromatic heterocycles. The van der Waals surface area contributed by atoms with Gasteiger partial charge in [0.05, 0.1) is 14.2 Å². The first kappa shape index (κ1) is 16.5. The van der Waals surface area contributed by atoms with Gasteiger partial charge in [-0.25, -0.2) is 13.6 Å². The molecule has 2 aromatic carbocycles. The summed E-state index contributed by atoms with van der Waals surface area (Å²) in [6, 6.07) is 8.54. The van der Waals surface area contributed by atoms with Gasteiger partial charge in [0.15, 0.2) is 17.4 Å². The van der Waals surface area contributed by atoms with Crippen LogP contribution >= 0.6 is 0 Å². The van der Waals surface area contributed by atoms with Gasteiger partial charge < -0.3 is 20.1 Å². The summed E-state index contributed by atoms with van der Waals surface area (Å²) in [5.74, 6) is -1.65. The van der Waals surface area contributed by atoms with E-state index in [4.69, 9.17) is 4.74 Å². The summed E-state index contributed by atoms with van der Waals surface area (Å²) in [6.45, 7) is 0.205. The minimum atomic E-state index is -0.896. The Morgan fingerprint density at radius 1 is 1.09 bits per heavy atom. The number of carbonyl (C=O) groups is 1. The number of rotatable bonds is 5. The molecule has 2 rings (SSSR count). The van der Waals surface area contributed by atoms with E-state index in [1.54, 1.807) is 12.1 Å². The summed E-state index contributed by atoms with van der Waals surface area (Å²) in [7, 11) is 2.69. The summed E-state index contributed by atoms with van der Waals surface area (Å²) >= 11 is 0. The van der Waals surface area contributed by atoms with E-state index in [0.29, 0.717) is 5.75 Å². The largest absolute Gasteiger partial charge is 0.496 e. The lowest BCUT2D eigenvalue weighted by atomic mass is 10.2. The molecule has 0 bridgehead atoms. The Hall–Kier alpha value is -2.83. The summed E-state index contributed by atoms with van der Waals surface area (Å²) in [6.07, 6.45) is 0. The van der Waals surface area contributed by atoms with E-state index >= 15 is 0 Å². The second-order valence-corrected chi connectivity index (χ2v) is 4.59. The second kappa shape index (κ2) is 7.44. The molecule has 0 aliphatic heterocycles. The number of ether oxygens (including phenoxy) is 2. The molecular weight excluding hydrogens is 306 g/mol. The van der Waals surface area contributed by atoms with Gasteiger partial charge in [0.1, 0.15) is 5.75 Å². The van der Waals surface area contributed by atoms with Crippen molar-refractivity contribution in [3.63, 3.8) is 0 Å². The van der Waals surface area contributed by atoms with Crippen molar-refractivity contribution in [3.05, 3.63) is 53.6 Å². The Labute approximate surface area is 132 Å². The minimum Gasteiger partial charge on any atom is -0.496 e. The van der Waals surface area contributed by atoms with Crippen LogP contribution in [0.3, 0.4) is 0 Å². The van der Waals surface area contributed by atoms with Crippen molar-refractivity contribution >= 4 is 11.7 Å². The van der Waals surface area contributed by atoms with Crippen LogP contribution in [0.2, 0.25) is 0 Å². The molecule has 0 atom stereocenters. The highest BCUT2D eigenvalue weighted by molar-refractivity contribution is 5.89. The van der Waals surface area contributed by atoms with Crippen LogP contribution < -0.4 is 20.1 Å². The number of hydrogen-bond acceptors (Lipinski definition) is 3. The van der Waals surface area contributed by atoms with E-state index in [9.17, 15) is 13.6 Å². The fourth-order valence-corrected chi connectivity index (χ4v) is 2.03. The SMILES string of the molecule is COc1ccccc1CNC(=O)Nc1cc(F)c(OC)c(F)c1. The third kappa shape index (κ3) is 4.09. The van der Waals surface area contributed by atoms with E-state index < -0.39 is 23.4 Å². The Morgan fingerprint density at radius 2 is 1.74 bits per heavy atom. The topological polar surface area (TPSA) is 59.6 Å². The molecule has 23 heavy (non-hydrogen) atoms. The van der Waals surface area contributed by atoms with E-state index in [0.717, 1.165) is 24.8 Å². The van der Waals surface area contributed by atoms with Gasteiger partial charge in [-0.2, -0.15) is 0 Å². The predicted molar refractivity (Wildman–Crippen MR) is 81.8 cm³/mol.